The van der Waals surface area contributed by atoms with E-state index in [1.807, 2.05) is 6.07 Å². The summed E-state index contributed by atoms with van der Waals surface area (Å²) in [7, 11) is 1.71. The second-order valence-corrected chi connectivity index (χ2v) is 5.34. The summed E-state index contributed by atoms with van der Waals surface area (Å²) in [6.45, 7) is 4.40. The van der Waals surface area contributed by atoms with E-state index in [4.69, 9.17) is 4.74 Å². The smallest absolute Gasteiger partial charge is 0.119 e. The molecule has 0 bridgehead atoms. The second-order valence-electron chi connectivity index (χ2n) is 5.34. The Bertz CT molecular complexity index is 724. The number of hydrogen-bond donors (Lipinski definition) is 1. The van der Waals surface area contributed by atoms with Gasteiger partial charge in [-0.1, -0.05) is 0 Å². The Morgan fingerprint density at radius 1 is 1.30 bits per heavy atom. The summed E-state index contributed by atoms with van der Waals surface area (Å²) in [6, 6.07) is 10.9. The van der Waals surface area contributed by atoms with Crippen LogP contribution in [0.2, 0.25) is 0 Å². The molecule has 0 aliphatic rings. The van der Waals surface area contributed by atoms with Gasteiger partial charge >= 0.3 is 0 Å². The molecule has 1 unspecified atom stereocenters. The molecule has 0 saturated carbocycles. The van der Waals surface area contributed by atoms with Crippen LogP contribution in [0.4, 0.5) is 0 Å². The third kappa shape index (κ3) is 2.20. The molecule has 3 heteroatoms. The number of fused-ring (bicyclic) bond motifs is 1. The van der Waals surface area contributed by atoms with E-state index in [-0.39, 0.29) is 0 Å². The summed E-state index contributed by atoms with van der Waals surface area (Å²) >= 11 is 0. The Kier molecular flexibility index (Phi) is 3.26. The van der Waals surface area contributed by atoms with Gasteiger partial charge in [0.15, 0.2) is 0 Å². The molecule has 0 fully saturated rings. The van der Waals surface area contributed by atoms with Gasteiger partial charge in [-0.25, -0.2) is 0 Å². The molecule has 1 N–H and O–H groups in total. The molecule has 0 amide bonds. The van der Waals surface area contributed by atoms with Crippen molar-refractivity contribution in [1.29, 1.82) is 0 Å². The summed E-state index contributed by atoms with van der Waals surface area (Å²) in [5.74, 6) is 0.906. The third-order valence-electron chi connectivity index (χ3n) is 3.96. The zero-order valence-corrected chi connectivity index (χ0v) is 12.2. The average Bonchev–Trinajstić information content (AvgIpc) is 3.05. The van der Waals surface area contributed by atoms with Gasteiger partial charge in [0, 0.05) is 35.0 Å². The van der Waals surface area contributed by atoms with Crippen molar-refractivity contribution in [2.75, 3.05) is 7.11 Å². The van der Waals surface area contributed by atoms with Crippen molar-refractivity contribution in [2.24, 2.45) is 0 Å². The lowest BCUT2D eigenvalue weighted by Gasteiger charge is -2.15. The van der Waals surface area contributed by atoms with Crippen LogP contribution >= 0.6 is 0 Å². The van der Waals surface area contributed by atoms with E-state index in [2.05, 4.69) is 60.1 Å². The van der Waals surface area contributed by atoms with Crippen molar-refractivity contribution in [3.05, 3.63) is 54.0 Å². The highest BCUT2D eigenvalue weighted by Crippen LogP contribution is 2.27. The largest absolute Gasteiger partial charge is 0.497 e. The number of nitrogens with zero attached hydrogens (tertiary/aromatic N) is 1. The van der Waals surface area contributed by atoms with Gasteiger partial charge in [0.2, 0.25) is 0 Å². The van der Waals surface area contributed by atoms with Gasteiger partial charge < -0.3 is 14.3 Å². The maximum Gasteiger partial charge on any atom is 0.119 e. The van der Waals surface area contributed by atoms with Crippen LogP contribution in [0.1, 0.15) is 24.2 Å². The van der Waals surface area contributed by atoms with Crippen LogP contribution in [0.15, 0.2) is 42.7 Å². The number of ether oxygens (including phenoxy) is 1. The Labute approximate surface area is 119 Å². The van der Waals surface area contributed by atoms with Gasteiger partial charge in [-0.2, -0.15) is 0 Å². The van der Waals surface area contributed by atoms with Gasteiger partial charge in [-0.15, -0.1) is 0 Å². The first-order valence-corrected chi connectivity index (χ1v) is 6.96. The van der Waals surface area contributed by atoms with Crippen molar-refractivity contribution < 1.29 is 4.74 Å². The van der Waals surface area contributed by atoms with Crippen molar-refractivity contribution in [2.45, 2.75) is 26.3 Å². The Morgan fingerprint density at radius 3 is 2.85 bits per heavy atom. The molecule has 1 aromatic carbocycles. The maximum atomic E-state index is 5.32. The molecule has 0 aliphatic heterocycles. The molecule has 3 rings (SSSR count). The molecule has 3 nitrogen and oxygen atoms in total. The molecule has 104 valence electrons. The molecular formula is C17H20N2O. The van der Waals surface area contributed by atoms with Crippen LogP contribution in [0, 0.1) is 6.92 Å². The Hall–Kier alpha value is -2.16. The minimum absolute atomic E-state index is 0.440. The van der Waals surface area contributed by atoms with Crippen molar-refractivity contribution in [3.63, 3.8) is 0 Å². The van der Waals surface area contributed by atoms with E-state index in [1.165, 1.54) is 16.6 Å². The predicted molar refractivity (Wildman–Crippen MR) is 82.4 cm³/mol. The minimum Gasteiger partial charge on any atom is -0.497 e. The molecule has 0 saturated heterocycles. The summed E-state index contributed by atoms with van der Waals surface area (Å²) in [5, 5.41) is 1.25. The average molecular weight is 268 g/mol. The lowest BCUT2D eigenvalue weighted by atomic mass is 10.1. The number of hydrogen-bond acceptors (Lipinski definition) is 1. The minimum atomic E-state index is 0.440. The first-order chi connectivity index (χ1) is 9.69. The fourth-order valence-corrected chi connectivity index (χ4v) is 2.84. The van der Waals surface area contributed by atoms with Crippen molar-refractivity contribution in [1.82, 2.24) is 9.55 Å². The monoisotopic (exact) mass is 268 g/mol. The quantitative estimate of drug-likeness (QED) is 0.759. The molecule has 0 spiro atoms. The summed E-state index contributed by atoms with van der Waals surface area (Å²) in [5.41, 5.74) is 3.80. The molecular weight excluding hydrogens is 248 g/mol. The summed E-state index contributed by atoms with van der Waals surface area (Å²) in [6.07, 6.45) is 5.26. The number of nitrogens with one attached hydrogen (secondary N) is 1. The predicted octanol–water partition coefficient (Wildman–Crippen LogP) is 4.09. The first-order valence-electron chi connectivity index (χ1n) is 6.96. The number of aryl methyl sites for hydroxylation is 1. The first kappa shape index (κ1) is 12.9. The van der Waals surface area contributed by atoms with Crippen LogP contribution < -0.4 is 4.74 Å². The van der Waals surface area contributed by atoms with Crippen LogP contribution in [-0.4, -0.2) is 16.7 Å². The van der Waals surface area contributed by atoms with Crippen molar-refractivity contribution >= 4 is 10.9 Å². The molecule has 2 aromatic heterocycles. The second kappa shape index (κ2) is 5.08. The zero-order chi connectivity index (χ0) is 14.1. The fraction of sp³-hybridized carbons (Fsp3) is 0.294. The van der Waals surface area contributed by atoms with Crippen molar-refractivity contribution in [3.8, 4) is 5.75 Å². The van der Waals surface area contributed by atoms with Gasteiger partial charge in [0.1, 0.15) is 5.75 Å². The fourth-order valence-electron chi connectivity index (χ4n) is 2.84. The van der Waals surface area contributed by atoms with Gasteiger partial charge in [0.25, 0.3) is 0 Å². The topological polar surface area (TPSA) is 29.9 Å². The third-order valence-corrected chi connectivity index (χ3v) is 3.96. The number of rotatable bonds is 4. The van der Waals surface area contributed by atoms with E-state index < -0.39 is 0 Å². The van der Waals surface area contributed by atoms with Crippen LogP contribution in [0.3, 0.4) is 0 Å². The summed E-state index contributed by atoms with van der Waals surface area (Å²) in [4.78, 5) is 3.34. The molecule has 3 aromatic rings. The Morgan fingerprint density at radius 2 is 2.15 bits per heavy atom. The highest BCUT2D eigenvalue weighted by Gasteiger charge is 2.11. The van der Waals surface area contributed by atoms with Crippen LogP contribution in [0.5, 0.6) is 5.75 Å². The molecule has 0 aliphatic carbocycles. The zero-order valence-electron chi connectivity index (χ0n) is 12.2. The van der Waals surface area contributed by atoms with E-state index >= 15 is 0 Å². The van der Waals surface area contributed by atoms with E-state index in [1.54, 1.807) is 7.11 Å². The van der Waals surface area contributed by atoms with Gasteiger partial charge in [-0.05, 0) is 56.2 Å². The van der Waals surface area contributed by atoms with E-state index in [9.17, 15) is 0 Å². The number of benzene rings is 1. The highest BCUT2D eigenvalue weighted by atomic mass is 16.5. The number of H-pyrrole nitrogens is 1. The van der Waals surface area contributed by atoms with Gasteiger partial charge in [-0.3, -0.25) is 0 Å². The highest BCUT2D eigenvalue weighted by molar-refractivity contribution is 5.84. The molecule has 1 atom stereocenters. The molecule has 2 heterocycles. The van der Waals surface area contributed by atoms with Gasteiger partial charge in [0.05, 0.1) is 7.11 Å². The standard InChI is InChI=1S/C17H20N2O/c1-12-5-4-8-19(12)13(2)9-14-11-18-17-7-6-15(20-3)10-16(14)17/h4-8,10-11,13,18H,9H2,1-3H3. The number of methoxy groups -OCH3 is 1. The summed E-state index contributed by atoms with van der Waals surface area (Å²) < 4.78 is 7.64. The van der Waals surface area contributed by atoms with Crippen LogP contribution in [0.25, 0.3) is 10.9 Å². The molecule has 20 heavy (non-hydrogen) atoms. The normalized spacial score (nSPS) is 12.8. The van der Waals surface area contributed by atoms with E-state index in [0.717, 1.165) is 17.7 Å². The molecule has 0 radical (unpaired) electrons. The number of aromatic nitrogens is 2. The van der Waals surface area contributed by atoms with E-state index in [0.29, 0.717) is 6.04 Å². The lowest BCUT2D eigenvalue weighted by molar-refractivity contribution is 0.415. The lowest BCUT2D eigenvalue weighted by Crippen LogP contribution is -2.08. The SMILES string of the molecule is COc1ccc2[nH]cc(CC(C)n3cccc3C)c2c1. The van der Waals surface area contributed by atoms with Crippen LogP contribution in [-0.2, 0) is 6.42 Å². The number of aromatic amines is 1. The maximum absolute atomic E-state index is 5.32. The Balaban J connectivity index is 1.92.